The van der Waals surface area contributed by atoms with Crippen LogP contribution in [0.3, 0.4) is 0 Å². The van der Waals surface area contributed by atoms with Crippen LogP contribution in [0.4, 0.5) is 19.1 Å². The maximum atomic E-state index is 12.7. The van der Waals surface area contributed by atoms with E-state index in [9.17, 15) is 27.9 Å². The summed E-state index contributed by atoms with van der Waals surface area (Å²) in [6, 6.07) is 12.1. The van der Waals surface area contributed by atoms with Crippen LogP contribution in [0.15, 0.2) is 60.8 Å². The van der Waals surface area contributed by atoms with E-state index in [4.69, 9.17) is 0 Å². The van der Waals surface area contributed by atoms with Crippen molar-refractivity contribution in [2.45, 2.75) is 6.18 Å². The lowest BCUT2D eigenvalue weighted by molar-refractivity contribution is -0.137. The van der Waals surface area contributed by atoms with Gasteiger partial charge in [-0.3, -0.25) is 15.1 Å². The van der Waals surface area contributed by atoms with Crippen LogP contribution in [0.2, 0.25) is 0 Å². The van der Waals surface area contributed by atoms with E-state index < -0.39 is 23.6 Å². The first-order valence-electron chi connectivity index (χ1n) is 8.89. The average Bonchev–Trinajstić information content (AvgIpc) is 3.15. The molecule has 0 bridgehead atoms. The third kappa shape index (κ3) is 4.08. The van der Waals surface area contributed by atoms with Crippen molar-refractivity contribution >= 4 is 28.9 Å². The second-order valence-corrected chi connectivity index (χ2v) is 6.55. The van der Waals surface area contributed by atoms with Gasteiger partial charge in [0.25, 0.3) is 5.91 Å². The molecule has 0 aliphatic carbocycles. The topological polar surface area (TPSA) is 108 Å². The van der Waals surface area contributed by atoms with Crippen molar-refractivity contribution in [1.82, 2.24) is 15.0 Å². The number of nitrogens with one attached hydrogen (secondary N) is 2. The molecule has 4 aromatic rings. The Bertz CT molecular complexity index is 1280. The summed E-state index contributed by atoms with van der Waals surface area (Å²) in [4.78, 5) is 34.8. The second kappa shape index (κ2) is 7.56. The highest BCUT2D eigenvalue weighted by atomic mass is 19.4. The normalized spacial score (nSPS) is 11.5. The Kier molecular flexibility index (Phi) is 4.90. The van der Waals surface area contributed by atoms with Crippen molar-refractivity contribution in [3.8, 4) is 11.3 Å². The molecule has 2 heterocycles. The van der Waals surface area contributed by atoms with E-state index in [0.29, 0.717) is 16.8 Å². The molecular weight excluding hydrogens is 413 g/mol. The van der Waals surface area contributed by atoms with E-state index in [-0.39, 0.29) is 22.6 Å². The lowest BCUT2D eigenvalue weighted by Crippen LogP contribution is -2.13. The number of aromatic carboxylic acids is 1. The maximum Gasteiger partial charge on any atom is 0.416 e. The molecule has 0 unspecified atom stereocenters. The number of aromatic nitrogens is 3. The Balaban J connectivity index is 1.52. The smallest absolute Gasteiger partial charge is 0.416 e. The van der Waals surface area contributed by atoms with Gasteiger partial charge in [0.2, 0.25) is 5.95 Å². The molecule has 0 aliphatic heterocycles. The van der Waals surface area contributed by atoms with Gasteiger partial charge in [-0.05, 0) is 36.4 Å². The largest absolute Gasteiger partial charge is 0.478 e. The summed E-state index contributed by atoms with van der Waals surface area (Å²) in [6.07, 6.45) is -3.14. The molecule has 1 amide bonds. The van der Waals surface area contributed by atoms with Crippen LogP contribution in [-0.4, -0.2) is 31.9 Å². The molecule has 0 spiro atoms. The van der Waals surface area contributed by atoms with Crippen molar-refractivity contribution < 1.29 is 27.9 Å². The monoisotopic (exact) mass is 426 g/mol. The fourth-order valence-electron chi connectivity index (χ4n) is 2.97. The van der Waals surface area contributed by atoms with E-state index in [2.05, 4.69) is 20.3 Å². The first-order valence-corrected chi connectivity index (χ1v) is 8.89. The number of imidazole rings is 1. The van der Waals surface area contributed by atoms with E-state index >= 15 is 0 Å². The van der Waals surface area contributed by atoms with Crippen LogP contribution in [-0.2, 0) is 6.18 Å². The number of amides is 1. The standard InChI is InChI=1S/C21H13F3N4O3/c22-21(23,24)13-7-4-11(5-8-13)15-9-6-12(10-25-15)18(29)28-20-26-16-3-1-2-14(19(30)31)17(16)27-20/h1-10H,(H,30,31)(H2,26,27,28,29). The number of carbonyl (C=O) groups excluding carboxylic acids is 1. The van der Waals surface area contributed by atoms with E-state index in [1.807, 2.05) is 0 Å². The number of pyridine rings is 1. The molecule has 7 nitrogen and oxygen atoms in total. The van der Waals surface area contributed by atoms with Crippen molar-refractivity contribution in [2.75, 3.05) is 5.32 Å². The highest BCUT2D eigenvalue weighted by Crippen LogP contribution is 2.30. The molecule has 0 aliphatic rings. The average molecular weight is 426 g/mol. The van der Waals surface area contributed by atoms with Gasteiger partial charge < -0.3 is 10.1 Å². The number of aromatic amines is 1. The van der Waals surface area contributed by atoms with Crippen molar-refractivity contribution in [1.29, 1.82) is 0 Å². The van der Waals surface area contributed by atoms with Gasteiger partial charge in [0.15, 0.2) is 0 Å². The number of carboxylic acids is 1. The van der Waals surface area contributed by atoms with Gasteiger partial charge in [0, 0.05) is 11.8 Å². The molecule has 0 fully saturated rings. The number of H-pyrrole nitrogens is 1. The summed E-state index contributed by atoms with van der Waals surface area (Å²) in [7, 11) is 0. The summed E-state index contributed by atoms with van der Waals surface area (Å²) in [5, 5.41) is 11.8. The number of hydrogen-bond donors (Lipinski definition) is 3. The van der Waals surface area contributed by atoms with Gasteiger partial charge >= 0.3 is 12.1 Å². The van der Waals surface area contributed by atoms with Crippen molar-refractivity contribution in [3.05, 3.63) is 77.5 Å². The molecule has 31 heavy (non-hydrogen) atoms. The highest BCUT2D eigenvalue weighted by Gasteiger charge is 2.30. The summed E-state index contributed by atoms with van der Waals surface area (Å²) in [5.74, 6) is -1.61. The van der Waals surface area contributed by atoms with Crippen LogP contribution in [0.25, 0.3) is 22.3 Å². The maximum absolute atomic E-state index is 12.7. The minimum absolute atomic E-state index is 0.00295. The number of fused-ring (bicyclic) bond motifs is 1. The van der Waals surface area contributed by atoms with Gasteiger partial charge in [-0.15, -0.1) is 0 Å². The Morgan fingerprint density at radius 2 is 1.74 bits per heavy atom. The zero-order valence-electron chi connectivity index (χ0n) is 15.6. The van der Waals surface area contributed by atoms with Gasteiger partial charge in [-0.25, -0.2) is 9.78 Å². The fraction of sp³-hybridized carbons (Fsp3) is 0.0476. The fourth-order valence-corrected chi connectivity index (χ4v) is 2.97. The predicted molar refractivity (Wildman–Crippen MR) is 106 cm³/mol. The Labute approximate surface area is 172 Å². The van der Waals surface area contributed by atoms with E-state index in [0.717, 1.165) is 12.1 Å². The molecule has 4 rings (SSSR count). The Morgan fingerprint density at radius 3 is 2.35 bits per heavy atom. The zero-order valence-corrected chi connectivity index (χ0v) is 15.6. The van der Waals surface area contributed by atoms with Gasteiger partial charge in [-0.2, -0.15) is 13.2 Å². The number of halogens is 3. The van der Waals surface area contributed by atoms with E-state index in [1.54, 1.807) is 12.1 Å². The number of para-hydroxylation sites is 1. The SMILES string of the molecule is O=C(Nc1nc2c(C(=O)O)cccc2[nH]1)c1ccc(-c2ccc(C(F)(F)F)cc2)nc1. The molecule has 2 aromatic heterocycles. The molecule has 10 heteroatoms. The summed E-state index contributed by atoms with van der Waals surface area (Å²) >= 11 is 0. The molecule has 2 aromatic carbocycles. The molecule has 0 atom stereocenters. The highest BCUT2D eigenvalue weighted by molar-refractivity contribution is 6.05. The van der Waals surface area contributed by atoms with E-state index in [1.165, 1.54) is 36.5 Å². The number of benzene rings is 2. The first kappa shape index (κ1) is 20.1. The zero-order chi connectivity index (χ0) is 22.2. The number of alkyl halides is 3. The summed E-state index contributed by atoms with van der Waals surface area (Å²) in [6.45, 7) is 0. The number of rotatable bonds is 4. The van der Waals surface area contributed by atoms with Gasteiger partial charge in [0.1, 0.15) is 5.52 Å². The lowest BCUT2D eigenvalue weighted by Gasteiger charge is -2.08. The molecule has 156 valence electrons. The molecular formula is C21H13F3N4O3. The molecule has 0 saturated carbocycles. The van der Waals surface area contributed by atoms with Crippen LogP contribution < -0.4 is 5.32 Å². The number of anilines is 1. The van der Waals surface area contributed by atoms with Gasteiger partial charge in [0.05, 0.1) is 27.9 Å². The van der Waals surface area contributed by atoms with Crippen LogP contribution in [0.1, 0.15) is 26.3 Å². The molecule has 0 radical (unpaired) electrons. The summed E-state index contributed by atoms with van der Waals surface area (Å²) < 4.78 is 38.0. The lowest BCUT2D eigenvalue weighted by atomic mass is 10.1. The predicted octanol–water partition coefficient (Wildman–Crippen LogP) is 4.59. The third-order valence-electron chi connectivity index (χ3n) is 4.51. The Morgan fingerprint density at radius 1 is 1.00 bits per heavy atom. The first-order chi connectivity index (χ1) is 14.7. The summed E-state index contributed by atoms with van der Waals surface area (Å²) in [5.41, 5.74) is 0.959. The van der Waals surface area contributed by atoms with Gasteiger partial charge in [-0.1, -0.05) is 18.2 Å². The molecule has 3 N–H and O–H groups in total. The van der Waals surface area contributed by atoms with Crippen molar-refractivity contribution in [3.63, 3.8) is 0 Å². The number of carboxylic acid groups (broad SMARTS) is 1. The van der Waals surface area contributed by atoms with Crippen LogP contribution in [0, 0.1) is 0 Å². The minimum atomic E-state index is -4.42. The quantitative estimate of drug-likeness (QED) is 0.442. The van der Waals surface area contributed by atoms with Crippen molar-refractivity contribution in [2.24, 2.45) is 0 Å². The van der Waals surface area contributed by atoms with Crippen LogP contribution >= 0.6 is 0 Å². The number of nitrogens with zero attached hydrogens (tertiary/aromatic N) is 2. The number of carbonyl (C=O) groups is 2. The second-order valence-electron chi connectivity index (χ2n) is 6.55. The minimum Gasteiger partial charge on any atom is -0.478 e. The van der Waals surface area contributed by atoms with Crippen LogP contribution in [0.5, 0.6) is 0 Å². The number of hydrogen-bond acceptors (Lipinski definition) is 4. The third-order valence-corrected chi connectivity index (χ3v) is 4.51. The molecule has 0 saturated heterocycles. The Hall–Kier alpha value is -4.21.